The first-order valence-corrected chi connectivity index (χ1v) is 11.0. The van der Waals surface area contributed by atoms with E-state index in [2.05, 4.69) is 15.3 Å². The van der Waals surface area contributed by atoms with Crippen molar-refractivity contribution in [3.05, 3.63) is 64.8 Å². The zero-order valence-electron chi connectivity index (χ0n) is 17.9. The Labute approximate surface area is 185 Å². The number of aromatic nitrogens is 2. The molecule has 0 saturated carbocycles. The van der Waals surface area contributed by atoms with Gasteiger partial charge in [-0.3, -0.25) is 4.79 Å². The van der Waals surface area contributed by atoms with Crippen LogP contribution in [-0.2, 0) is 13.1 Å². The molecule has 1 aliphatic rings. The lowest BCUT2D eigenvalue weighted by Gasteiger charge is -2.18. The molecule has 0 fully saturated rings. The highest BCUT2D eigenvalue weighted by molar-refractivity contribution is 7.98. The van der Waals surface area contributed by atoms with E-state index in [9.17, 15) is 4.79 Å². The van der Waals surface area contributed by atoms with Gasteiger partial charge < -0.3 is 19.7 Å². The average molecular weight is 437 g/mol. The van der Waals surface area contributed by atoms with Crippen LogP contribution in [0.4, 0.5) is 11.5 Å². The monoisotopic (exact) mass is 436 g/mol. The molecule has 0 saturated heterocycles. The van der Waals surface area contributed by atoms with E-state index in [-0.39, 0.29) is 5.91 Å². The number of aryl methyl sites for hydroxylation is 1. The van der Waals surface area contributed by atoms with Gasteiger partial charge in [-0.25, -0.2) is 9.97 Å². The van der Waals surface area contributed by atoms with Crippen LogP contribution in [0.1, 0.15) is 27.2 Å². The summed E-state index contributed by atoms with van der Waals surface area (Å²) in [5.74, 6) is 1.82. The number of rotatable bonds is 7. The van der Waals surface area contributed by atoms with Gasteiger partial charge in [0.15, 0.2) is 5.16 Å². The number of carbonyl (C=O) groups is 1. The van der Waals surface area contributed by atoms with Crippen molar-refractivity contribution in [1.82, 2.24) is 14.9 Å². The molecule has 8 heteroatoms. The number of ether oxygens (including phenoxy) is 2. The normalized spacial score (nSPS) is 12.6. The van der Waals surface area contributed by atoms with Gasteiger partial charge in [0, 0.05) is 17.3 Å². The second-order valence-corrected chi connectivity index (χ2v) is 7.93. The Balaban J connectivity index is 1.66. The maximum atomic E-state index is 13.4. The number of carbonyl (C=O) groups excluding carboxylic acids is 1. The summed E-state index contributed by atoms with van der Waals surface area (Å²) in [7, 11) is 3.22. The molecular weight excluding hydrogens is 412 g/mol. The van der Waals surface area contributed by atoms with Crippen molar-refractivity contribution in [2.75, 3.05) is 25.8 Å². The lowest BCUT2D eigenvalue weighted by atomic mass is 10.1. The Bertz CT molecular complexity index is 1140. The second kappa shape index (κ2) is 8.85. The average Bonchev–Trinajstić information content (AvgIpc) is 3.10. The number of anilines is 2. The van der Waals surface area contributed by atoms with Crippen molar-refractivity contribution < 1.29 is 14.3 Å². The van der Waals surface area contributed by atoms with E-state index in [1.165, 1.54) is 11.8 Å². The second-order valence-electron chi connectivity index (χ2n) is 7.16. The van der Waals surface area contributed by atoms with Gasteiger partial charge in [0.05, 0.1) is 33.0 Å². The van der Waals surface area contributed by atoms with Gasteiger partial charge in [-0.15, -0.1) is 0 Å². The molecule has 4 rings (SSSR count). The fraction of sp³-hybridized carbons (Fsp3) is 0.261. The molecule has 0 aliphatic carbocycles. The Morgan fingerprint density at radius 2 is 1.94 bits per heavy atom. The SMILES string of the molecule is COc1ccc(CN2Cc3nc(SC)nc(Nc4ccccc4C)c3C2=O)c(OC)c1. The molecule has 2 aromatic carbocycles. The molecule has 31 heavy (non-hydrogen) atoms. The highest BCUT2D eigenvalue weighted by Gasteiger charge is 2.33. The van der Waals surface area contributed by atoms with Crippen molar-refractivity contribution in [2.45, 2.75) is 25.2 Å². The van der Waals surface area contributed by atoms with E-state index in [1.54, 1.807) is 19.1 Å². The van der Waals surface area contributed by atoms with Crippen LogP contribution in [-0.4, -0.2) is 41.3 Å². The van der Waals surface area contributed by atoms with Crippen LogP contribution in [0.25, 0.3) is 0 Å². The highest BCUT2D eigenvalue weighted by Crippen LogP contribution is 2.34. The van der Waals surface area contributed by atoms with Crippen molar-refractivity contribution in [3.63, 3.8) is 0 Å². The number of methoxy groups -OCH3 is 2. The molecule has 1 aromatic heterocycles. The number of hydrogen-bond donors (Lipinski definition) is 1. The molecular formula is C23H24N4O3S. The number of fused-ring (bicyclic) bond motifs is 1. The topological polar surface area (TPSA) is 76.6 Å². The van der Waals surface area contributed by atoms with Crippen molar-refractivity contribution in [2.24, 2.45) is 0 Å². The maximum Gasteiger partial charge on any atom is 0.260 e. The summed E-state index contributed by atoms with van der Waals surface area (Å²) in [5.41, 5.74) is 4.14. The van der Waals surface area contributed by atoms with E-state index in [4.69, 9.17) is 9.47 Å². The van der Waals surface area contributed by atoms with E-state index < -0.39 is 0 Å². The fourth-order valence-corrected chi connectivity index (χ4v) is 3.96. The van der Waals surface area contributed by atoms with Crippen LogP contribution in [0.15, 0.2) is 47.6 Å². The minimum Gasteiger partial charge on any atom is -0.497 e. The lowest BCUT2D eigenvalue weighted by molar-refractivity contribution is 0.0766. The Morgan fingerprint density at radius 1 is 1.13 bits per heavy atom. The molecule has 3 aromatic rings. The Morgan fingerprint density at radius 3 is 2.65 bits per heavy atom. The van der Waals surface area contributed by atoms with Gasteiger partial charge in [-0.1, -0.05) is 30.0 Å². The summed E-state index contributed by atoms with van der Waals surface area (Å²) >= 11 is 1.45. The number of para-hydroxylation sites is 1. The maximum absolute atomic E-state index is 13.4. The quantitative estimate of drug-likeness (QED) is 0.434. The van der Waals surface area contributed by atoms with Crippen LogP contribution in [0.3, 0.4) is 0 Å². The molecule has 0 unspecified atom stereocenters. The van der Waals surface area contributed by atoms with E-state index in [0.717, 1.165) is 22.5 Å². The van der Waals surface area contributed by atoms with Crippen molar-refractivity contribution in [3.8, 4) is 11.5 Å². The first-order chi connectivity index (χ1) is 15.0. The van der Waals surface area contributed by atoms with Gasteiger partial charge in [-0.05, 0) is 36.9 Å². The van der Waals surface area contributed by atoms with Crippen LogP contribution >= 0.6 is 11.8 Å². The molecule has 0 atom stereocenters. The molecule has 7 nitrogen and oxygen atoms in total. The van der Waals surface area contributed by atoms with Crippen molar-refractivity contribution in [1.29, 1.82) is 0 Å². The summed E-state index contributed by atoms with van der Waals surface area (Å²) < 4.78 is 10.8. The third-order valence-electron chi connectivity index (χ3n) is 5.24. The molecule has 0 bridgehead atoms. The number of nitrogens with zero attached hydrogens (tertiary/aromatic N) is 3. The third-order valence-corrected chi connectivity index (χ3v) is 5.79. The predicted molar refractivity (Wildman–Crippen MR) is 121 cm³/mol. The van der Waals surface area contributed by atoms with Gasteiger partial charge in [0.1, 0.15) is 22.9 Å². The summed E-state index contributed by atoms with van der Waals surface area (Å²) in [6.45, 7) is 2.84. The summed E-state index contributed by atoms with van der Waals surface area (Å²) in [5, 5.41) is 3.98. The zero-order chi connectivity index (χ0) is 22.0. The largest absolute Gasteiger partial charge is 0.497 e. The first-order valence-electron chi connectivity index (χ1n) is 9.81. The zero-order valence-corrected chi connectivity index (χ0v) is 18.7. The minimum absolute atomic E-state index is 0.100. The van der Waals surface area contributed by atoms with Crippen LogP contribution in [0.2, 0.25) is 0 Å². The standard InChI is InChI=1S/C23H24N4O3S/c1-14-7-5-6-8-17(14)24-21-20-18(25-23(26-21)31-4)13-27(22(20)28)12-15-9-10-16(29-2)11-19(15)30-3/h5-11H,12-13H2,1-4H3,(H,24,25,26). The fourth-order valence-electron chi connectivity index (χ4n) is 3.57. The Kier molecular flexibility index (Phi) is 5.99. The van der Waals surface area contributed by atoms with Crippen LogP contribution in [0, 0.1) is 6.92 Å². The summed E-state index contributed by atoms with van der Waals surface area (Å²) in [4.78, 5) is 24.3. The molecule has 2 heterocycles. The summed E-state index contributed by atoms with van der Waals surface area (Å²) in [6, 6.07) is 13.5. The Hall–Kier alpha value is -3.26. The molecule has 1 amide bonds. The van der Waals surface area contributed by atoms with Gasteiger partial charge >= 0.3 is 0 Å². The third kappa shape index (κ3) is 4.16. The number of amides is 1. The van der Waals surface area contributed by atoms with Gasteiger partial charge in [-0.2, -0.15) is 0 Å². The molecule has 160 valence electrons. The summed E-state index contributed by atoms with van der Waals surface area (Å²) in [6.07, 6.45) is 1.93. The van der Waals surface area contributed by atoms with E-state index >= 15 is 0 Å². The minimum atomic E-state index is -0.100. The van der Waals surface area contributed by atoms with E-state index in [0.29, 0.717) is 41.1 Å². The smallest absolute Gasteiger partial charge is 0.260 e. The predicted octanol–water partition coefficient (Wildman–Crippen LogP) is 4.42. The van der Waals surface area contributed by atoms with Crippen LogP contribution < -0.4 is 14.8 Å². The molecule has 1 N–H and O–H groups in total. The highest BCUT2D eigenvalue weighted by atomic mass is 32.2. The lowest BCUT2D eigenvalue weighted by Crippen LogP contribution is -2.24. The van der Waals surface area contributed by atoms with Crippen LogP contribution in [0.5, 0.6) is 11.5 Å². The number of nitrogens with one attached hydrogen (secondary N) is 1. The van der Waals surface area contributed by atoms with Gasteiger partial charge in [0.25, 0.3) is 5.91 Å². The van der Waals surface area contributed by atoms with Gasteiger partial charge in [0.2, 0.25) is 0 Å². The molecule has 0 spiro atoms. The van der Waals surface area contributed by atoms with Crippen molar-refractivity contribution >= 4 is 29.2 Å². The molecule has 1 aliphatic heterocycles. The number of thioether (sulfide) groups is 1. The van der Waals surface area contributed by atoms with E-state index in [1.807, 2.05) is 55.6 Å². The number of hydrogen-bond acceptors (Lipinski definition) is 7. The first kappa shape index (κ1) is 21.0. The number of benzene rings is 2. The molecule has 0 radical (unpaired) electrons.